The van der Waals surface area contributed by atoms with E-state index in [0.29, 0.717) is 0 Å². The minimum atomic E-state index is -0.395. The molecule has 0 aliphatic heterocycles. The van der Waals surface area contributed by atoms with Crippen molar-refractivity contribution < 1.29 is 9.53 Å². The van der Waals surface area contributed by atoms with Crippen molar-refractivity contribution in [2.24, 2.45) is 0 Å². The van der Waals surface area contributed by atoms with Gasteiger partial charge in [0.15, 0.2) is 0 Å². The molecule has 0 saturated heterocycles. The molecule has 0 radical (unpaired) electrons. The first kappa shape index (κ1) is 11.6. The molecule has 1 aromatic rings. The molecule has 82 valence electrons. The first-order valence-electron chi connectivity index (χ1n) is 5.16. The van der Waals surface area contributed by atoms with Gasteiger partial charge >= 0.3 is 6.09 Å². The third-order valence-electron chi connectivity index (χ3n) is 2.18. The van der Waals surface area contributed by atoms with Crippen LogP contribution in [0.25, 0.3) is 0 Å². The number of hydrogen-bond acceptors (Lipinski definition) is 2. The van der Waals surface area contributed by atoms with Gasteiger partial charge in [0.1, 0.15) is 6.10 Å². The standard InChI is InChI=1S/C12H17NO2/c1-4-10(3)15-12(14)13-11-7-5-9(2)6-8-11/h5-8,10H,4H2,1-3H3,(H,13,14). The quantitative estimate of drug-likeness (QED) is 0.825. The molecule has 0 bridgehead atoms. The fourth-order valence-corrected chi connectivity index (χ4v) is 1.05. The monoisotopic (exact) mass is 207 g/mol. The molecule has 0 aliphatic rings. The molecule has 0 fully saturated rings. The summed E-state index contributed by atoms with van der Waals surface area (Å²) in [5.41, 5.74) is 1.92. The Labute approximate surface area is 90.4 Å². The Morgan fingerprint density at radius 1 is 1.40 bits per heavy atom. The second-order valence-electron chi connectivity index (χ2n) is 3.62. The molecule has 0 aromatic heterocycles. The second kappa shape index (κ2) is 5.39. The molecular formula is C12H17NO2. The van der Waals surface area contributed by atoms with Gasteiger partial charge in [-0.2, -0.15) is 0 Å². The lowest BCUT2D eigenvalue weighted by molar-refractivity contribution is 0.118. The number of carbonyl (C=O) groups is 1. The summed E-state index contributed by atoms with van der Waals surface area (Å²) in [6.07, 6.45) is 0.380. The maximum Gasteiger partial charge on any atom is 0.411 e. The van der Waals surface area contributed by atoms with Gasteiger partial charge in [0, 0.05) is 5.69 Å². The van der Waals surface area contributed by atoms with E-state index in [-0.39, 0.29) is 6.10 Å². The highest BCUT2D eigenvalue weighted by atomic mass is 16.6. The summed E-state index contributed by atoms with van der Waals surface area (Å²) in [6, 6.07) is 7.60. The van der Waals surface area contributed by atoms with Crippen LogP contribution in [0.1, 0.15) is 25.8 Å². The largest absolute Gasteiger partial charge is 0.446 e. The van der Waals surface area contributed by atoms with E-state index in [9.17, 15) is 4.79 Å². The van der Waals surface area contributed by atoms with Gasteiger partial charge in [0.25, 0.3) is 0 Å². The molecule has 0 spiro atoms. The summed E-state index contributed by atoms with van der Waals surface area (Å²) in [7, 11) is 0. The summed E-state index contributed by atoms with van der Waals surface area (Å²) < 4.78 is 5.08. The Kier molecular flexibility index (Phi) is 4.16. The number of aryl methyl sites for hydroxylation is 1. The summed E-state index contributed by atoms with van der Waals surface area (Å²) in [6.45, 7) is 5.85. The average Bonchev–Trinajstić information content (AvgIpc) is 2.21. The zero-order valence-electron chi connectivity index (χ0n) is 9.41. The van der Waals surface area contributed by atoms with E-state index in [1.807, 2.05) is 45.0 Å². The van der Waals surface area contributed by atoms with E-state index in [0.717, 1.165) is 17.7 Å². The highest BCUT2D eigenvalue weighted by Crippen LogP contribution is 2.09. The minimum Gasteiger partial charge on any atom is -0.446 e. The number of anilines is 1. The third kappa shape index (κ3) is 4.02. The van der Waals surface area contributed by atoms with Crippen molar-refractivity contribution in [3.63, 3.8) is 0 Å². The average molecular weight is 207 g/mol. The fraction of sp³-hybridized carbons (Fsp3) is 0.417. The molecule has 0 aliphatic carbocycles. The van der Waals surface area contributed by atoms with Gasteiger partial charge in [-0.05, 0) is 32.4 Å². The van der Waals surface area contributed by atoms with Gasteiger partial charge in [-0.1, -0.05) is 24.6 Å². The van der Waals surface area contributed by atoms with E-state index in [1.54, 1.807) is 0 Å². The molecule has 0 saturated carbocycles. The molecule has 1 N–H and O–H groups in total. The SMILES string of the molecule is CCC(C)OC(=O)Nc1ccc(C)cc1. The fourth-order valence-electron chi connectivity index (χ4n) is 1.05. The highest BCUT2D eigenvalue weighted by Gasteiger charge is 2.06. The summed E-state index contributed by atoms with van der Waals surface area (Å²) in [5.74, 6) is 0. The van der Waals surface area contributed by atoms with Crippen LogP contribution < -0.4 is 5.32 Å². The van der Waals surface area contributed by atoms with Crippen molar-refractivity contribution in [3.05, 3.63) is 29.8 Å². The molecule has 1 atom stereocenters. The van der Waals surface area contributed by atoms with E-state index in [1.165, 1.54) is 0 Å². The van der Waals surface area contributed by atoms with Crippen LogP contribution in [0.15, 0.2) is 24.3 Å². The number of amides is 1. The second-order valence-corrected chi connectivity index (χ2v) is 3.62. The molecular weight excluding hydrogens is 190 g/mol. The Morgan fingerprint density at radius 3 is 2.53 bits per heavy atom. The predicted molar refractivity (Wildman–Crippen MR) is 61.0 cm³/mol. The first-order chi connectivity index (χ1) is 7.11. The smallest absolute Gasteiger partial charge is 0.411 e. The van der Waals surface area contributed by atoms with Crippen LogP contribution in [-0.4, -0.2) is 12.2 Å². The van der Waals surface area contributed by atoms with Gasteiger partial charge in [-0.25, -0.2) is 4.79 Å². The Hall–Kier alpha value is -1.51. The van der Waals surface area contributed by atoms with Gasteiger partial charge in [-0.3, -0.25) is 5.32 Å². The van der Waals surface area contributed by atoms with Crippen LogP contribution in [0.5, 0.6) is 0 Å². The number of benzene rings is 1. The molecule has 1 rings (SSSR count). The van der Waals surface area contributed by atoms with Gasteiger partial charge in [0.2, 0.25) is 0 Å². The van der Waals surface area contributed by atoms with E-state index in [4.69, 9.17) is 4.74 Å². The lowest BCUT2D eigenvalue weighted by Crippen LogP contribution is -2.19. The Balaban J connectivity index is 2.48. The molecule has 3 heteroatoms. The van der Waals surface area contributed by atoms with E-state index < -0.39 is 6.09 Å². The Bertz CT molecular complexity index is 319. The van der Waals surface area contributed by atoms with E-state index in [2.05, 4.69) is 5.32 Å². The zero-order valence-corrected chi connectivity index (χ0v) is 9.41. The highest BCUT2D eigenvalue weighted by molar-refractivity contribution is 5.84. The normalized spacial score (nSPS) is 11.9. The van der Waals surface area contributed by atoms with Crippen molar-refractivity contribution >= 4 is 11.8 Å². The number of carbonyl (C=O) groups excluding carboxylic acids is 1. The van der Waals surface area contributed by atoms with Crippen molar-refractivity contribution in [2.45, 2.75) is 33.3 Å². The lowest BCUT2D eigenvalue weighted by atomic mass is 10.2. The molecule has 1 unspecified atom stereocenters. The summed E-state index contributed by atoms with van der Waals surface area (Å²) in [5, 5.41) is 2.67. The van der Waals surface area contributed by atoms with Crippen LogP contribution in [0.4, 0.5) is 10.5 Å². The van der Waals surface area contributed by atoms with Crippen LogP contribution in [0.3, 0.4) is 0 Å². The summed E-state index contributed by atoms with van der Waals surface area (Å²) >= 11 is 0. The summed E-state index contributed by atoms with van der Waals surface area (Å²) in [4.78, 5) is 11.3. The van der Waals surface area contributed by atoms with Gasteiger partial charge < -0.3 is 4.74 Å². The number of rotatable bonds is 3. The van der Waals surface area contributed by atoms with Crippen LogP contribution in [0, 0.1) is 6.92 Å². The Morgan fingerprint density at radius 2 is 2.00 bits per heavy atom. The number of hydrogen-bond donors (Lipinski definition) is 1. The lowest BCUT2D eigenvalue weighted by Gasteiger charge is -2.11. The van der Waals surface area contributed by atoms with Crippen molar-refractivity contribution in [3.8, 4) is 0 Å². The first-order valence-corrected chi connectivity index (χ1v) is 5.16. The van der Waals surface area contributed by atoms with Crippen molar-refractivity contribution in [1.82, 2.24) is 0 Å². The molecule has 0 heterocycles. The minimum absolute atomic E-state index is 0.0459. The van der Waals surface area contributed by atoms with Gasteiger partial charge in [-0.15, -0.1) is 0 Å². The number of ether oxygens (including phenoxy) is 1. The zero-order chi connectivity index (χ0) is 11.3. The maximum absolute atomic E-state index is 11.3. The third-order valence-corrected chi connectivity index (χ3v) is 2.18. The topological polar surface area (TPSA) is 38.3 Å². The molecule has 3 nitrogen and oxygen atoms in total. The molecule has 1 aromatic carbocycles. The van der Waals surface area contributed by atoms with Crippen LogP contribution in [0.2, 0.25) is 0 Å². The van der Waals surface area contributed by atoms with Crippen LogP contribution in [-0.2, 0) is 4.74 Å². The maximum atomic E-state index is 11.3. The predicted octanol–water partition coefficient (Wildman–Crippen LogP) is 3.34. The van der Waals surface area contributed by atoms with Crippen LogP contribution >= 0.6 is 0 Å². The molecule has 15 heavy (non-hydrogen) atoms. The number of nitrogens with one attached hydrogen (secondary N) is 1. The van der Waals surface area contributed by atoms with Gasteiger partial charge in [0.05, 0.1) is 0 Å². The van der Waals surface area contributed by atoms with E-state index >= 15 is 0 Å². The van der Waals surface area contributed by atoms with Crippen molar-refractivity contribution in [2.75, 3.05) is 5.32 Å². The van der Waals surface area contributed by atoms with Crippen molar-refractivity contribution in [1.29, 1.82) is 0 Å². The molecule has 1 amide bonds.